The van der Waals surface area contributed by atoms with Gasteiger partial charge in [-0.05, 0) is 41.0 Å². The summed E-state index contributed by atoms with van der Waals surface area (Å²) in [6.07, 6.45) is 2.95. The number of sulfonamides is 1. The molecule has 10 heteroatoms. The lowest BCUT2D eigenvalue weighted by atomic mass is 10.0. The molecule has 2 amide bonds. The van der Waals surface area contributed by atoms with Gasteiger partial charge in [-0.3, -0.25) is 14.6 Å². The Morgan fingerprint density at radius 1 is 0.810 bits per heavy atom. The fraction of sp³-hybridized carbons (Fsp3) is 0.219. The van der Waals surface area contributed by atoms with E-state index < -0.39 is 28.5 Å². The van der Waals surface area contributed by atoms with Crippen molar-refractivity contribution in [2.45, 2.75) is 32.1 Å². The summed E-state index contributed by atoms with van der Waals surface area (Å²) in [7, 11) is -3.76. The molecule has 0 saturated carbocycles. The lowest BCUT2D eigenvalue weighted by molar-refractivity contribution is -0.141. The molecule has 218 valence electrons. The first kappa shape index (κ1) is 30.9. The van der Waals surface area contributed by atoms with Crippen molar-refractivity contribution in [2.75, 3.05) is 12.8 Å². The van der Waals surface area contributed by atoms with Crippen molar-refractivity contribution < 1.29 is 18.0 Å². The Balaban J connectivity index is 1.67. The first-order chi connectivity index (χ1) is 20.2. The van der Waals surface area contributed by atoms with E-state index in [0.29, 0.717) is 10.7 Å². The first-order valence-corrected chi connectivity index (χ1v) is 15.7. The number of amides is 2. The molecule has 0 fully saturated rings. The zero-order chi connectivity index (χ0) is 30.0. The summed E-state index contributed by atoms with van der Waals surface area (Å²) < 4.78 is 26.7. The summed E-state index contributed by atoms with van der Waals surface area (Å²) in [5.41, 5.74) is 3.02. The number of nitrogens with zero attached hydrogens (tertiary/aromatic N) is 3. The number of carbonyl (C=O) groups excluding carboxylic acids is 2. The Morgan fingerprint density at radius 2 is 1.40 bits per heavy atom. The molecule has 0 bridgehead atoms. The molecule has 1 heterocycles. The number of carbonyl (C=O) groups is 2. The topological polar surface area (TPSA) is 99.7 Å². The highest BCUT2D eigenvalue weighted by atomic mass is 35.5. The summed E-state index contributed by atoms with van der Waals surface area (Å²) in [6.45, 7) is -0.152. The molecule has 8 nitrogen and oxygen atoms in total. The van der Waals surface area contributed by atoms with Gasteiger partial charge in [0.15, 0.2) is 0 Å². The van der Waals surface area contributed by atoms with E-state index in [1.54, 1.807) is 54.7 Å². The Labute approximate surface area is 252 Å². The van der Waals surface area contributed by atoms with Gasteiger partial charge in [-0.15, -0.1) is 0 Å². The number of nitrogens with one attached hydrogen (secondary N) is 1. The van der Waals surface area contributed by atoms with E-state index in [4.69, 9.17) is 11.6 Å². The molecule has 0 radical (unpaired) electrons. The van der Waals surface area contributed by atoms with Crippen LogP contribution in [0.2, 0.25) is 5.02 Å². The van der Waals surface area contributed by atoms with Crippen molar-refractivity contribution in [2.24, 2.45) is 0 Å². The molecule has 0 unspecified atom stereocenters. The molecule has 0 aliphatic rings. The SMILES string of the molecule is CS(=O)(=O)N(CC(=O)N(Cc1ccc(Cl)cc1)[C@@H](Cc1ccccc1)C(=O)NCc1ccccn1)Cc1ccccc1. The first-order valence-electron chi connectivity index (χ1n) is 13.4. The molecule has 3 aromatic carbocycles. The second-order valence-corrected chi connectivity index (χ2v) is 12.3. The van der Waals surface area contributed by atoms with Crippen LogP contribution in [0, 0.1) is 0 Å². The second kappa shape index (κ2) is 14.7. The monoisotopic (exact) mass is 604 g/mol. The maximum atomic E-state index is 14.1. The molecule has 1 aromatic heterocycles. The van der Waals surface area contributed by atoms with Gasteiger partial charge in [-0.2, -0.15) is 4.31 Å². The Bertz CT molecular complexity index is 1550. The molecule has 4 aromatic rings. The van der Waals surface area contributed by atoms with Crippen LogP contribution >= 0.6 is 11.6 Å². The van der Waals surface area contributed by atoms with E-state index in [9.17, 15) is 18.0 Å². The zero-order valence-electron chi connectivity index (χ0n) is 23.3. The van der Waals surface area contributed by atoms with Crippen LogP contribution in [0.25, 0.3) is 0 Å². The molecular weight excluding hydrogens is 572 g/mol. The van der Waals surface area contributed by atoms with Crippen molar-refractivity contribution in [1.29, 1.82) is 0 Å². The predicted molar refractivity (Wildman–Crippen MR) is 164 cm³/mol. The fourth-order valence-corrected chi connectivity index (χ4v) is 5.31. The lowest BCUT2D eigenvalue weighted by Gasteiger charge is -2.33. The minimum Gasteiger partial charge on any atom is -0.349 e. The van der Waals surface area contributed by atoms with E-state index in [2.05, 4.69) is 10.3 Å². The predicted octanol–water partition coefficient (Wildman–Crippen LogP) is 4.45. The van der Waals surface area contributed by atoms with Crippen LogP contribution < -0.4 is 5.32 Å². The summed E-state index contributed by atoms with van der Waals surface area (Å²) in [5, 5.41) is 3.46. The van der Waals surface area contributed by atoms with Crippen molar-refractivity contribution in [3.63, 3.8) is 0 Å². The molecule has 42 heavy (non-hydrogen) atoms. The molecule has 0 aliphatic heterocycles. The van der Waals surface area contributed by atoms with Crippen LogP contribution in [0.4, 0.5) is 0 Å². The van der Waals surface area contributed by atoms with Crippen LogP contribution in [-0.2, 0) is 45.7 Å². The minimum atomic E-state index is -3.76. The maximum absolute atomic E-state index is 14.1. The zero-order valence-corrected chi connectivity index (χ0v) is 24.8. The van der Waals surface area contributed by atoms with Gasteiger partial charge in [0.05, 0.1) is 25.0 Å². The largest absolute Gasteiger partial charge is 0.349 e. The molecule has 4 rings (SSSR count). The van der Waals surface area contributed by atoms with Crippen LogP contribution in [0.1, 0.15) is 22.4 Å². The second-order valence-electron chi connectivity index (χ2n) is 9.91. The third kappa shape index (κ3) is 9.24. The number of pyridine rings is 1. The summed E-state index contributed by atoms with van der Waals surface area (Å²) >= 11 is 6.10. The van der Waals surface area contributed by atoms with Gasteiger partial charge in [-0.1, -0.05) is 90.5 Å². The van der Waals surface area contributed by atoms with Gasteiger partial charge < -0.3 is 10.2 Å². The van der Waals surface area contributed by atoms with Crippen LogP contribution in [0.15, 0.2) is 109 Å². The molecule has 1 N–H and O–H groups in total. The normalized spacial score (nSPS) is 12.1. The van der Waals surface area contributed by atoms with Crippen LogP contribution in [0.5, 0.6) is 0 Å². The highest BCUT2D eigenvalue weighted by molar-refractivity contribution is 7.88. The summed E-state index contributed by atoms with van der Waals surface area (Å²) in [4.78, 5) is 33.6. The molecular formula is C32H33ClN4O4S. The standard InChI is InChI=1S/C32H33ClN4O4S/c1-42(40,41)36(22-26-12-6-3-7-13-26)24-31(38)37(23-27-15-17-28(33)18-16-27)30(20-25-10-4-2-5-11-25)32(39)35-21-29-14-8-9-19-34-29/h2-19,30H,20-24H2,1H3,(H,35,39)/t30-/m0/s1. The number of halogens is 1. The van der Waals surface area contributed by atoms with Crippen molar-refractivity contribution in [3.8, 4) is 0 Å². The van der Waals surface area contributed by atoms with Gasteiger partial charge in [0.2, 0.25) is 21.8 Å². The van der Waals surface area contributed by atoms with E-state index in [1.165, 1.54) is 4.90 Å². The summed E-state index contributed by atoms with van der Waals surface area (Å²) in [5.74, 6) is -0.874. The quantitative estimate of drug-likeness (QED) is 0.243. The highest BCUT2D eigenvalue weighted by Crippen LogP contribution is 2.18. The van der Waals surface area contributed by atoms with Crippen molar-refractivity contribution in [1.82, 2.24) is 19.5 Å². The van der Waals surface area contributed by atoms with Crippen molar-refractivity contribution in [3.05, 3.63) is 137 Å². The number of aromatic nitrogens is 1. The Kier molecular flexibility index (Phi) is 10.8. The van der Waals surface area contributed by atoms with Crippen LogP contribution in [-0.4, -0.2) is 53.3 Å². The van der Waals surface area contributed by atoms with E-state index in [0.717, 1.165) is 27.3 Å². The smallest absolute Gasteiger partial charge is 0.243 e. The fourth-order valence-electron chi connectivity index (χ4n) is 4.46. The average Bonchev–Trinajstić information content (AvgIpc) is 2.99. The molecule has 0 aliphatic carbocycles. The number of benzene rings is 3. The Morgan fingerprint density at radius 3 is 2.00 bits per heavy atom. The van der Waals surface area contributed by atoms with Crippen LogP contribution in [0.3, 0.4) is 0 Å². The molecule has 0 saturated heterocycles. The van der Waals surface area contributed by atoms with Gasteiger partial charge in [0, 0.05) is 30.7 Å². The number of hydrogen-bond acceptors (Lipinski definition) is 5. The maximum Gasteiger partial charge on any atom is 0.243 e. The van der Waals surface area contributed by atoms with Gasteiger partial charge >= 0.3 is 0 Å². The number of hydrogen-bond donors (Lipinski definition) is 1. The van der Waals surface area contributed by atoms with Gasteiger partial charge in [0.25, 0.3) is 0 Å². The van der Waals surface area contributed by atoms with E-state index in [1.807, 2.05) is 54.6 Å². The van der Waals surface area contributed by atoms with E-state index >= 15 is 0 Å². The lowest BCUT2D eigenvalue weighted by Crippen LogP contribution is -2.53. The average molecular weight is 605 g/mol. The van der Waals surface area contributed by atoms with Crippen molar-refractivity contribution >= 4 is 33.4 Å². The number of rotatable bonds is 13. The third-order valence-electron chi connectivity index (χ3n) is 6.69. The molecule has 0 spiro atoms. The summed E-state index contributed by atoms with van der Waals surface area (Å²) in [6, 6.07) is 30.0. The van der Waals surface area contributed by atoms with E-state index in [-0.39, 0.29) is 32.0 Å². The van der Waals surface area contributed by atoms with Gasteiger partial charge in [0.1, 0.15) is 6.04 Å². The highest BCUT2D eigenvalue weighted by Gasteiger charge is 2.33. The minimum absolute atomic E-state index is 0.0232. The third-order valence-corrected chi connectivity index (χ3v) is 8.14. The van der Waals surface area contributed by atoms with Gasteiger partial charge in [-0.25, -0.2) is 8.42 Å². The molecule has 1 atom stereocenters. The Hall–Kier alpha value is -4.05.